The number of hydrogen-bond donors (Lipinski definition) is 0. The van der Waals surface area contributed by atoms with Crippen LogP contribution in [0.1, 0.15) is 38.8 Å². The summed E-state index contributed by atoms with van der Waals surface area (Å²) in [5.74, 6) is 1.97. The predicted molar refractivity (Wildman–Crippen MR) is 243 cm³/mol. The molecule has 0 N–H and O–H groups in total. The van der Waals surface area contributed by atoms with Gasteiger partial charge in [-0.2, -0.15) is 0 Å². The van der Waals surface area contributed by atoms with E-state index in [9.17, 15) is 0 Å². The minimum Gasteiger partial charge on any atom is -0.208 e. The van der Waals surface area contributed by atoms with E-state index in [1.165, 1.54) is 70.9 Å². The van der Waals surface area contributed by atoms with Crippen LogP contribution in [-0.2, 0) is 10.8 Å². The molecule has 1 heterocycles. The van der Waals surface area contributed by atoms with Gasteiger partial charge in [0.2, 0.25) is 0 Å². The first-order valence-corrected chi connectivity index (χ1v) is 20.2. The Labute approximate surface area is 338 Å². The lowest BCUT2D eigenvalue weighted by Crippen LogP contribution is -2.43. The van der Waals surface area contributed by atoms with Crippen LogP contribution in [0.3, 0.4) is 0 Å². The van der Waals surface area contributed by atoms with Crippen LogP contribution in [0.5, 0.6) is 0 Å². The van der Waals surface area contributed by atoms with E-state index >= 15 is 0 Å². The Morgan fingerprint density at radius 3 is 1.67 bits per heavy atom. The van der Waals surface area contributed by atoms with E-state index in [-0.39, 0.29) is 10.8 Å². The highest BCUT2D eigenvalue weighted by atomic mass is 15.0. The van der Waals surface area contributed by atoms with Gasteiger partial charge in [0, 0.05) is 16.7 Å². The Morgan fingerprint density at radius 2 is 0.862 bits per heavy atom. The van der Waals surface area contributed by atoms with Gasteiger partial charge in [0.1, 0.15) is 0 Å². The van der Waals surface area contributed by atoms with Crippen molar-refractivity contribution in [2.24, 2.45) is 0 Å². The molecule has 3 heteroatoms. The molecule has 1 aromatic heterocycles. The Bertz CT molecular complexity index is 3290. The molecular weight excluding hydrogens is 703 g/mol. The quantitative estimate of drug-likeness (QED) is 0.169. The van der Waals surface area contributed by atoms with Gasteiger partial charge in [-0.25, -0.2) is 15.0 Å². The number of fused-ring (bicyclic) bond motifs is 10. The van der Waals surface area contributed by atoms with E-state index in [1.807, 2.05) is 18.2 Å². The van der Waals surface area contributed by atoms with Crippen molar-refractivity contribution in [3.63, 3.8) is 0 Å². The summed E-state index contributed by atoms with van der Waals surface area (Å²) < 4.78 is 0. The Hall–Kier alpha value is -6.97. The van der Waals surface area contributed by atoms with E-state index < -0.39 is 0 Å². The maximum atomic E-state index is 5.28. The number of hydrogen-bond acceptors (Lipinski definition) is 3. The van der Waals surface area contributed by atoms with Gasteiger partial charge in [0.05, 0.1) is 0 Å². The molecule has 10 aromatic rings. The normalized spacial score (nSPS) is 14.1. The van der Waals surface area contributed by atoms with Crippen LogP contribution in [0.2, 0.25) is 0 Å². The van der Waals surface area contributed by atoms with Crippen LogP contribution in [0.15, 0.2) is 176 Å². The van der Waals surface area contributed by atoms with Crippen molar-refractivity contribution in [3.05, 3.63) is 187 Å². The maximum Gasteiger partial charge on any atom is 0.164 e. The summed E-state index contributed by atoms with van der Waals surface area (Å²) in [4.78, 5) is 15.6. The molecule has 0 atom stereocenters. The average molecular weight is 744 g/mol. The highest BCUT2D eigenvalue weighted by Gasteiger charge is 2.45. The van der Waals surface area contributed by atoms with Crippen molar-refractivity contribution >= 4 is 43.1 Å². The van der Waals surface area contributed by atoms with E-state index in [1.54, 1.807) is 0 Å². The van der Waals surface area contributed by atoms with Gasteiger partial charge in [0.15, 0.2) is 17.5 Å². The van der Waals surface area contributed by atoms with E-state index in [2.05, 4.69) is 185 Å². The largest absolute Gasteiger partial charge is 0.208 e. The second-order valence-corrected chi connectivity index (χ2v) is 16.8. The highest BCUT2D eigenvalue weighted by molar-refractivity contribution is 6.26. The lowest BCUT2D eigenvalue weighted by atomic mass is 9.55. The molecule has 11 rings (SSSR count). The SMILES string of the molecule is CC1(C)c2ccccc2-c2ccc(-c3nc(-c4ccccc4)nc(-c4cccc(-c5cc6c(ccc7ccc8ccccc8c76)c6ccccc56)c4)n3)cc2C1(C)C. The second kappa shape index (κ2) is 12.8. The summed E-state index contributed by atoms with van der Waals surface area (Å²) in [6.07, 6.45) is 0. The van der Waals surface area contributed by atoms with E-state index in [0.29, 0.717) is 17.5 Å². The molecule has 0 saturated heterocycles. The number of aromatic nitrogens is 3. The molecule has 58 heavy (non-hydrogen) atoms. The summed E-state index contributed by atoms with van der Waals surface area (Å²) in [6.45, 7) is 9.47. The monoisotopic (exact) mass is 743 g/mol. The van der Waals surface area contributed by atoms with Gasteiger partial charge in [0.25, 0.3) is 0 Å². The summed E-state index contributed by atoms with van der Waals surface area (Å²) in [6, 6.07) is 63.5. The first-order chi connectivity index (χ1) is 28.3. The standard InChI is InChI=1S/C55H41N3/c1-54(2)48-24-13-12-23-44(48)45-30-28-39(32-49(45)55(54,3)4)53-57-51(36-16-6-5-7-17-36)56-52(58-53)38-19-14-18-37(31-38)46-33-47-43(41-21-10-11-22-42(41)46)29-27-35-26-25-34-15-8-9-20-40(34)50(35)47/h5-33H,1-4H3. The third kappa shape index (κ3) is 5.16. The first kappa shape index (κ1) is 34.3. The van der Waals surface area contributed by atoms with Gasteiger partial charge in [-0.15, -0.1) is 0 Å². The fourth-order valence-corrected chi connectivity index (χ4v) is 9.47. The minimum atomic E-state index is -0.139. The van der Waals surface area contributed by atoms with Crippen LogP contribution in [0.25, 0.3) is 99.5 Å². The predicted octanol–water partition coefficient (Wildman–Crippen LogP) is 14.4. The van der Waals surface area contributed by atoms with Crippen molar-refractivity contribution in [1.29, 1.82) is 0 Å². The number of nitrogens with zero attached hydrogens (tertiary/aromatic N) is 3. The summed E-state index contributed by atoms with van der Waals surface area (Å²) >= 11 is 0. The maximum absolute atomic E-state index is 5.28. The lowest BCUT2D eigenvalue weighted by Gasteiger charge is -2.48. The molecule has 0 saturated carbocycles. The second-order valence-electron chi connectivity index (χ2n) is 16.8. The molecule has 9 aromatic carbocycles. The fraction of sp³-hybridized carbons (Fsp3) is 0.109. The van der Waals surface area contributed by atoms with Gasteiger partial charge >= 0.3 is 0 Å². The van der Waals surface area contributed by atoms with Gasteiger partial charge in [-0.1, -0.05) is 185 Å². The van der Waals surface area contributed by atoms with Crippen LogP contribution >= 0.6 is 0 Å². The Kier molecular flexibility index (Phi) is 7.55. The van der Waals surface area contributed by atoms with Crippen LogP contribution in [-0.4, -0.2) is 15.0 Å². The molecule has 0 spiro atoms. The lowest BCUT2D eigenvalue weighted by molar-refractivity contribution is 0.299. The van der Waals surface area contributed by atoms with Crippen molar-refractivity contribution in [2.45, 2.75) is 38.5 Å². The Balaban J connectivity index is 1.11. The van der Waals surface area contributed by atoms with Crippen molar-refractivity contribution < 1.29 is 0 Å². The zero-order chi connectivity index (χ0) is 39.2. The molecule has 276 valence electrons. The van der Waals surface area contributed by atoms with Crippen molar-refractivity contribution in [2.75, 3.05) is 0 Å². The van der Waals surface area contributed by atoms with Crippen LogP contribution in [0, 0.1) is 0 Å². The van der Waals surface area contributed by atoms with Crippen molar-refractivity contribution in [1.82, 2.24) is 15.0 Å². The third-order valence-corrected chi connectivity index (χ3v) is 13.2. The smallest absolute Gasteiger partial charge is 0.164 e. The molecule has 1 aliphatic carbocycles. The average Bonchev–Trinajstić information content (AvgIpc) is 3.28. The molecule has 0 aliphatic heterocycles. The molecule has 1 aliphatic rings. The van der Waals surface area contributed by atoms with Crippen molar-refractivity contribution in [3.8, 4) is 56.4 Å². The summed E-state index contributed by atoms with van der Waals surface area (Å²) in [7, 11) is 0. The summed E-state index contributed by atoms with van der Waals surface area (Å²) in [5, 5.41) is 10.0. The van der Waals surface area contributed by atoms with Gasteiger partial charge in [-0.3, -0.25) is 0 Å². The van der Waals surface area contributed by atoms with E-state index in [0.717, 1.165) is 22.3 Å². The third-order valence-electron chi connectivity index (χ3n) is 13.2. The fourth-order valence-electron chi connectivity index (χ4n) is 9.47. The minimum absolute atomic E-state index is 0.0819. The molecule has 0 amide bonds. The molecular formula is C55H41N3. The van der Waals surface area contributed by atoms with Gasteiger partial charge < -0.3 is 0 Å². The van der Waals surface area contributed by atoms with Crippen LogP contribution < -0.4 is 0 Å². The number of rotatable bonds is 4. The highest BCUT2D eigenvalue weighted by Crippen LogP contribution is 2.54. The molecule has 3 nitrogen and oxygen atoms in total. The molecule has 0 bridgehead atoms. The molecule has 0 radical (unpaired) electrons. The zero-order valence-corrected chi connectivity index (χ0v) is 33.1. The molecule has 0 unspecified atom stereocenters. The molecule has 0 fully saturated rings. The summed E-state index contributed by atoms with van der Waals surface area (Å²) in [5.41, 5.74) is 10.2. The van der Waals surface area contributed by atoms with E-state index in [4.69, 9.17) is 15.0 Å². The first-order valence-electron chi connectivity index (χ1n) is 20.2. The zero-order valence-electron chi connectivity index (χ0n) is 33.1. The van der Waals surface area contributed by atoms with Gasteiger partial charge in [-0.05, 0) is 105 Å². The van der Waals surface area contributed by atoms with Crippen LogP contribution in [0.4, 0.5) is 0 Å². The number of benzene rings is 9. The Morgan fingerprint density at radius 1 is 0.310 bits per heavy atom. The topological polar surface area (TPSA) is 38.7 Å².